The number of carbonyl (C=O) groups excluding carboxylic acids is 1. The van der Waals surface area contributed by atoms with Gasteiger partial charge in [0, 0.05) is 18.6 Å². The molecule has 0 aliphatic carbocycles. The Morgan fingerprint density at radius 3 is 2.56 bits per heavy atom. The van der Waals surface area contributed by atoms with Crippen molar-refractivity contribution in [3.05, 3.63) is 29.8 Å². The van der Waals surface area contributed by atoms with Crippen molar-refractivity contribution in [3.63, 3.8) is 0 Å². The normalized spacial score (nSPS) is 10.3. The lowest BCUT2D eigenvalue weighted by Gasteiger charge is -2.03. The molecule has 0 fully saturated rings. The molecule has 1 aromatic carbocycles. The Balaban J connectivity index is 2.08. The van der Waals surface area contributed by atoms with E-state index in [1.54, 1.807) is 7.11 Å². The maximum Gasteiger partial charge on any atom is 0.132 e. The van der Waals surface area contributed by atoms with Gasteiger partial charge in [0.25, 0.3) is 0 Å². The third-order valence-corrected chi connectivity index (χ3v) is 3.93. The van der Waals surface area contributed by atoms with Crippen LogP contribution in [0.3, 0.4) is 0 Å². The Labute approximate surface area is 114 Å². The summed E-state index contributed by atoms with van der Waals surface area (Å²) in [4.78, 5) is 11.1. The van der Waals surface area contributed by atoms with E-state index in [2.05, 4.69) is 12.1 Å². The molecule has 18 heavy (non-hydrogen) atoms. The van der Waals surface area contributed by atoms with E-state index in [0.717, 1.165) is 36.5 Å². The number of methoxy groups -OCH3 is 1. The minimum atomic E-state index is 0.384. The summed E-state index contributed by atoms with van der Waals surface area (Å²) in [6, 6.07) is 8.20. The Morgan fingerprint density at radius 2 is 1.94 bits per heavy atom. The fraction of sp³-hybridized carbons (Fsp3) is 0.533. The van der Waals surface area contributed by atoms with Crippen LogP contribution in [-0.4, -0.2) is 18.6 Å². The van der Waals surface area contributed by atoms with Crippen molar-refractivity contribution in [3.8, 4) is 5.75 Å². The number of rotatable bonds is 9. The van der Waals surface area contributed by atoms with Crippen molar-refractivity contribution >= 4 is 17.5 Å². The van der Waals surface area contributed by atoms with Crippen molar-refractivity contribution in [1.29, 1.82) is 0 Å². The lowest BCUT2D eigenvalue weighted by Crippen LogP contribution is -1.95. The van der Waals surface area contributed by atoms with Crippen molar-refractivity contribution in [1.82, 2.24) is 0 Å². The van der Waals surface area contributed by atoms with Gasteiger partial charge in [0.05, 0.1) is 7.11 Å². The van der Waals surface area contributed by atoms with E-state index in [-0.39, 0.29) is 0 Å². The van der Waals surface area contributed by atoms with E-state index in [1.165, 1.54) is 5.56 Å². The summed E-state index contributed by atoms with van der Waals surface area (Å²) in [6.45, 7) is 1.93. The molecule has 1 rings (SSSR count). The zero-order chi connectivity index (χ0) is 13.2. The van der Waals surface area contributed by atoms with Crippen LogP contribution in [0.25, 0.3) is 0 Å². The molecule has 1 aromatic rings. The van der Waals surface area contributed by atoms with Gasteiger partial charge >= 0.3 is 0 Å². The van der Waals surface area contributed by atoms with E-state index in [4.69, 9.17) is 4.74 Å². The van der Waals surface area contributed by atoms with Gasteiger partial charge in [-0.25, -0.2) is 0 Å². The molecule has 0 amide bonds. The lowest BCUT2D eigenvalue weighted by atomic mass is 10.1. The smallest absolute Gasteiger partial charge is 0.132 e. The summed E-state index contributed by atoms with van der Waals surface area (Å²) in [5.41, 5.74) is 1.32. The second-order valence-electron chi connectivity index (χ2n) is 4.25. The maximum absolute atomic E-state index is 11.1. The van der Waals surface area contributed by atoms with Gasteiger partial charge in [-0.1, -0.05) is 19.1 Å². The third-order valence-electron chi connectivity index (χ3n) is 2.82. The van der Waals surface area contributed by atoms with Crippen molar-refractivity contribution in [2.24, 2.45) is 0 Å². The highest BCUT2D eigenvalue weighted by Crippen LogP contribution is 2.17. The summed E-state index contributed by atoms with van der Waals surface area (Å²) >= 11 is 1.93. The monoisotopic (exact) mass is 266 g/mol. The highest BCUT2D eigenvalue weighted by atomic mass is 32.2. The fourth-order valence-electron chi connectivity index (χ4n) is 1.61. The van der Waals surface area contributed by atoms with Crippen LogP contribution in [0, 0.1) is 0 Å². The minimum Gasteiger partial charge on any atom is -0.497 e. The topological polar surface area (TPSA) is 26.3 Å². The number of benzene rings is 1. The number of hydrogen-bond acceptors (Lipinski definition) is 3. The van der Waals surface area contributed by atoms with Crippen LogP contribution >= 0.6 is 11.8 Å². The van der Waals surface area contributed by atoms with Gasteiger partial charge in [-0.3, -0.25) is 4.79 Å². The molecular formula is C15H22O2S. The molecule has 0 heterocycles. The first-order valence-corrected chi connectivity index (χ1v) is 7.64. The maximum atomic E-state index is 11.1. The molecule has 0 radical (unpaired) electrons. The molecule has 0 unspecified atom stereocenters. The number of hydrogen-bond donors (Lipinski definition) is 0. The molecule has 0 aliphatic rings. The largest absolute Gasteiger partial charge is 0.497 e. The van der Waals surface area contributed by atoms with E-state index < -0.39 is 0 Å². The second-order valence-corrected chi connectivity index (χ2v) is 5.36. The highest BCUT2D eigenvalue weighted by Gasteiger charge is 1.98. The summed E-state index contributed by atoms with van der Waals surface area (Å²) in [7, 11) is 1.68. The van der Waals surface area contributed by atoms with Crippen LogP contribution in [-0.2, 0) is 10.5 Å². The third kappa shape index (κ3) is 6.10. The van der Waals surface area contributed by atoms with Crippen molar-refractivity contribution in [2.75, 3.05) is 12.9 Å². The summed E-state index contributed by atoms with van der Waals surface area (Å²) < 4.78 is 5.12. The second kappa shape index (κ2) is 9.03. The number of unbranched alkanes of at least 4 members (excludes halogenated alkanes) is 1. The standard InChI is InChI=1S/C15H22O2S/c1-3-14(16)6-4-5-11-18-12-13-7-9-15(17-2)10-8-13/h7-10H,3-6,11-12H2,1-2H3. The zero-order valence-electron chi connectivity index (χ0n) is 11.3. The minimum absolute atomic E-state index is 0.384. The molecule has 100 valence electrons. The summed E-state index contributed by atoms with van der Waals surface area (Å²) in [5.74, 6) is 3.45. The Hall–Kier alpha value is -0.960. The molecule has 2 nitrogen and oxygen atoms in total. The fourth-order valence-corrected chi connectivity index (χ4v) is 2.60. The van der Waals surface area contributed by atoms with Gasteiger partial charge in [-0.05, 0) is 36.3 Å². The van der Waals surface area contributed by atoms with Crippen LogP contribution in [0.1, 0.15) is 38.2 Å². The molecular weight excluding hydrogens is 244 g/mol. The van der Waals surface area contributed by atoms with Crippen LogP contribution in [0.5, 0.6) is 5.75 Å². The van der Waals surface area contributed by atoms with Gasteiger partial charge in [0.15, 0.2) is 0 Å². The Kier molecular flexibility index (Phi) is 7.58. The molecule has 0 atom stereocenters. The quantitative estimate of drug-likeness (QED) is 0.630. The molecule has 3 heteroatoms. The highest BCUT2D eigenvalue weighted by molar-refractivity contribution is 7.98. The first-order valence-electron chi connectivity index (χ1n) is 6.48. The average molecular weight is 266 g/mol. The van der Waals surface area contributed by atoms with Crippen LogP contribution in [0.2, 0.25) is 0 Å². The first kappa shape index (κ1) is 15.1. The predicted molar refractivity (Wildman–Crippen MR) is 78.3 cm³/mol. The zero-order valence-corrected chi connectivity index (χ0v) is 12.1. The average Bonchev–Trinajstić information content (AvgIpc) is 2.43. The molecule has 0 saturated heterocycles. The Morgan fingerprint density at radius 1 is 1.22 bits per heavy atom. The van der Waals surface area contributed by atoms with Crippen molar-refractivity contribution < 1.29 is 9.53 Å². The predicted octanol–water partition coefficient (Wildman–Crippen LogP) is 4.08. The lowest BCUT2D eigenvalue weighted by molar-refractivity contribution is -0.118. The SMILES string of the molecule is CCC(=O)CCCCSCc1ccc(OC)cc1. The van der Waals surface area contributed by atoms with Gasteiger partial charge in [0.1, 0.15) is 11.5 Å². The molecule has 0 spiro atoms. The number of ketones is 1. The molecule has 0 N–H and O–H groups in total. The Bertz CT molecular complexity index is 346. The molecule has 0 aromatic heterocycles. The number of thioether (sulfide) groups is 1. The van der Waals surface area contributed by atoms with Crippen molar-refractivity contribution in [2.45, 2.75) is 38.4 Å². The molecule has 0 bridgehead atoms. The summed E-state index contributed by atoms with van der Waals surface area (Å²) in [5, 5.41) is 0. The van der Waals surface area contributed by atoms with Gasteiger partial charge in [0.2, 0.25) is 0 Å². The molecule has 0 aliphatic heterocycles. The summed E-state index contributed by atoms with van der Waals surface area (Å²) in [6.07, 6.45) is 3.59. The van der Waals surface area contributed by atoms with Crippen LogP contribution in [0.4, 0.5) is 0 Å². The van der Waals surface area contributed by atoms with Gasteiger partial charge < -0.3 is 4.74 Å². The first-order chi connectivity index (χ1) is 8.76. The van der Waals surface area contributed by atoms with E-state index in [0.29, 0.717) is 12.2 Å². The van der Waals surface area contributed by atoms with Gasteiger partial charge in [-0.2, -0.15) is 11.8 Å². The number of Topliss-reactive ketones (excluding diaryl/α,β-unsaturated/α-hetero) is 1. The number of ether oxygens (including phenoxy) is 1. The van der Waals surface area contributed by atoms with E-state index in [9.17, 15) is 4.79 Å². The van der Waals surface area contributed by atoms with E-state index in [1.807, 2.05) is 30.8 Å². The van der Waals surface area contributed by atoms with Crippen LogP contribution < -0.4 is 4.74 Å². The molecule has 0 saturated carbocycles. The van der Waals surface area contributed by atoms with Gasteiger partial charge in [-0.15, -0.1) is 0 Å². The van der Waals surface area contributed by atoms with E-state index >= 15 is 0 Å². The number of carbonyl (C=O) groups is 1. The van der Waals surface area contributed by atoms with Crippen LogP contribution in [0.15, 0.2) is 24.3 Å².